The zero-order chi connectivity index (χ0) is 19.7. The maximum Gasteiger partial charge on any atom is 0.257 e. The van der Waals surface area contributed by atoms with Crippen LogP contribution in [0.15, 0.2) is 30.5 Å². The molecule has 0 radical (unpaired) electrons. The molecule has 2 aliphatic heterocycles. The molecule has 0 unspecified atom stereocenters. The first-order valence-corrected chi connectivity index (χ1v) is 9.93. The predicted octanol–water partition coefficient (Wildman–Crippen LogP) is 1.75. The second kappa shape index (κ2) is 7.75. The number of nitrogens with zero attached hydrogens (tertiary/aromatic N) is 5. The van der Waals surface area contributed by atoms with Gasteiger partial charge in [-0.05, 0) is 44.7 Å². The summed E-state index contributed by atoms with van der Waals surface area (Å²) in [4.78, 5) is 28.3. The average molecular weight is 380 g/mol. The zero-order valence-electron chi connectivity index (χ0n) is 16.6. The molecule has 0 saturated carbocycles. The Morgan fingerprint density at radius 1 is 1.18 bits per heavy atom. The van der Waals surface area contributed by atoms with Crippen LogP contribution < -0.4 is 10.6 Å². The second-order valence-corrected chi connectivity index (χ2v) is 7.85. The van der Waals surface area contributed by atoms with Crippen molar-refractivity contribution in [2.24, 2.45) is 0 Å². The molecular formula is C21H28N6O. The molecular weight excluding hydrogens is 352 g/mol. The Morgan fingerprint density at radius 3 is 2.71 bits per heavy atom. The molecule has 2 saturated heterocycles. The van der Waals surface area contributed by atoms with E-state index in [2.05, 4.69) is 40.9 Å². The first-order chi connectivity index (χ1) is 13.5. The van der Waals surface area contributed by atoms with Crippen molar-refractivity contribution in [3.05, 3.63) is 47.4 Å². The summed E-state index contributed by atoms with van der Waals surface area (Å²) in [6.07, 6.45) is 2.53. The predicted molar refractivity (Wildman–Crippen MR) is 111 cm³/mol. The van der Waals surface area contributed by atoms with Gasteiger partial charge in [-0.1, -0.05) is 0 Å². The lowest BCUT2D eigenvalue weighted by atomic mass is 10.0. The van der Waals surface area contributed by atoms with E-state index in [1.165, 1.54) is 5.69 Å². The van der Waals surface area contributed by atoms with Crippen LogP contribution in [0.2, 0.25) is 0 Å². The van der Waals surface area contributed by atoms with Gasteiger partial charge in [0, 0.05) is 68.5 Å². The summed E-state index contributed by atoms with van der Waals surface area (Å²) in [5.41, 5.74) is 9.74. The molecule has 7 heteroatoms. The van der Waals surface area contributed by atoms with Crippen molar-refractivity contribution in [3.63, 3.8) is 0 Å². The number of hydrogen-bond donors (Lipinski definition) is 1. The van der Waals surface area contributed by atoms with E-state index in [9.17, 15) is 4.79 Å². The normalized spacial score (nSPS) is 20.6. The highest BCUT2D eigenvalue weighted by atomic mass is 16.2. The zero-order valence-corrected chi connectivity index (χ0v) is 16.6. The van der Waals surface area contributed by atoms with E-state index in [0.29, 0.717) is 17.9 Å². The Bertz CT molecular complexity index is 862. The Balaban J connectivity index is 1.49. The van der Waals surface area contributed by atoms with Crippen LogP contribution in [0.1, 0.15) is 34.1 Å². The number of likely N-dealkylation sites (tertiary alicyclic amines) is 1. The number of anilines is 2. The Kier molecular flexibility index (Phi) is 5.17. The molecule has 148 valence electrons. The second-order valence-electron chi connectivity index (χ2n) is 7.85. The van der Waals surface area contributed by atoms with Crippen molar-refractivity contribution in [3.8, 4) is 0 Å². The van der Waals surface area contributed by atoms with E-state index in [1.54, 1.807) is 18.3 Å². The van der Waals surface area contributed by atoms with Crippen LogP contribution in [0.4, 0.5) is 11.5 Å². The standard InChI is InChI=1S/C21H28N6O/c1-15-12-17(26-10-8-25(2)9-11-26)13-19(24-15)16-5-7-27(14-16)21(28)18-4-3-6-23-20(18)22/h3-4,6,12-13,16H,5,7-11,14H2,1-2H3,(H2,22,23)/t16-/m1/s1. The number of carbonyl (C=O) groups is 1. The molecule has 0 spiro atoms. The summed E-state index contributed by atoms with van der Waals surface area (Å²) in [6.45, 7) is 7.67. The maximum absolute atomic E-state index is 12.8. The summed E-state index contributed by atoms with van der Waals surface area (Å²) in [5, 5.41) is 0. The molecule has 4 rings (SSSR count). The van der Waals surface area contributed by atoms with E-state index in [1.807, 2.05) is 4.90 Å². The minimum absolute atomic E-state index is 0.0416. The van der Waals surface area contributed by atoms with Crippen molar-refractivity contribution in [2.75, 3.05) is 56.9 Å². The van der Waals surface area contributed by atoms with Crippen molar-refractivity contribution < 1.29 is 4.79 Å². The van der Waals surface area contributed by atoms with Crippen molar-refractivity contribution >= 4 is 17.4 Å². The summed E-state index contributed by atoms with van der Waals surface area (Å²) in [6, 6.07) is 7.88. The van der Waals surface area contributed by atoms with Crippen LogP contribution in [0.25, 0.3) is 0 Å². The van der Waals surface area contributed by atoms with Crippen molar-refractivity contribution in [2.45, 2.75) is 19.3 Å². The number of rotatable bonds is 3. The molecule has 2 fully saturated rings. The fraction of sp³-hybridized carbons (Fsp3) is 0.476. The lowest BCUT2D eigenvalue weighted by Crippen LogP contribution is -2.44. The highest BCUT2D eigenvalue weighted by Crippen LogP contribution is 2.30. The largest absolute Gasteiger partial charge is 0.383 e. The summed E-state index contributed by atoms with van der Waals surface area (Å²) >= 11 is 0. The minimum Gasteiger partial charge on any atom is -0.383 e. The fourth-order valence-corrected chi connectivity index (χ4v) is 4.09. The lowest BCUT2D eigenvalue weighted by Gasteiger charge is -2.34. The van der Waals surface area contributed by atoms with Crippen LogP contribution in [0.3, 0.4) is 0 Å². The smallest absolute Gasteiger partial charge is 0.257 e. The third-order valence-electron chi connectivity index (χ3n) is 5.79. The molecule has 4 heterocycles. The van der Waals surface area contributed by atoms with Gasteiger partial charge in [0.1, 0.15) is 5.82 Å². The number of nitrogens with two attached hydrogens (primary N) is 1. The summed E-state index contributed by atoms with van der Waals surface area (Å²) < 4.78 is 0. The summed E-state index contributed by atoms with van der Waals surface area (Å²) in [7, 11) is 2.17. The number of nitrogen functional groups attached to an aromatic ring is 1. The monoisotopic (exact) mass is 380 g/mol. The number of carbonyl (C=O) groups excluding carboxylic acids is 1. The molecule has 1 amide bonds. The maximum atomic E-state index is 12.8. The Labute approximate surface area is 166 Å². The molecule has 28 heavy (non-hydrogen) atoms. The van der Waals surface area contributed by atoms with Gasteiger partial charge in [0.2, 0.25) is 0 Å². The van der Waals surface area contributed by atoms with Gasteiger partial charge in [0.25, 0.3) is 5.91 Å². The van der Waals surface area contributed by atoms with E-state index in [-0.39, 0.29) is 11.8 Å². The van der Waals surface area contributed by atoms with E-state index in [4.69, 9.17) is 10.7 Å². The van der Waals surface area contributed by atoms with Gasteiger partial charge in [-0.15, -0.1) is 0 Å². The number of aromatic nitrogens is 2. The number of amides is 1. The van der Waals surface area contributed by atoms with Gasteiger partial charge >= 0.3 is 0 Å². The average Bonchev–Trinajstić information content (AvgIpc) is 3.18. The van der Waals surface area contributed by atoms with Crippen molar-refractivity contribution in [1.29, 1.82) is 0 Å². The quantitative estimate of drug-likeness (QED) is 0.874. The van der Waals surface area contributed by atoms with Gasteiger partial charge in [0.05, 0.1) is 5.56 Å². The highest BCUT2D eigenvalue weighted by molar-refractivity contribution is 5.98. The number of aryl methyl sites for hydroxylation is 1. The molecule has 7 nitrogen and oxygen atoms in total. The van der Waals surface area contributed by atoms with Crippen LogP contribution in [0, 0.1) is 6.92 Å². The summed E-state index contributed by atoms with van der Waals surface area (Å²) in [5.74, 6) is 0.509. The first kappa shape index (κ1) is 18.7. The van der Waals surface area contributed by atoms with Crippen molar-refractivity contribution in [1.82, 2.24) is 19.8 Å². The van der Waals surface area contributed by atoms with E-state index in [0.717, 1.165) is 50.5 Å². The van der Waals surface area contributed by atoms with E-state index < -0.39 is 0 Å². The van der Waals surface area contributed by atoms with E-state index >= 15 is 0 Å². The number of pyridine rings is 2. The van der Waals surface area contributed by atoms with Gasteiger partial charge in [-0.2, -0.15) is 0 Å². The molecule has 0 aliphatic carbocycles. The molecule has 2 aliphatic rings. The van der Waals surface area contributed by atoms with Gasteiger partial charge < -0.3 is 20.4 Å². The number of likely N-dealkylation sites (N-methyl/N-ethyl adjacent to an activating group) is 1. The van der Waals surface area contributed by atoms with Crippen LogP contribution >= 0.6 is 0 Å². The van der Waals surface area contributed by atoms with Gasteiger partial charge in [0.15, 0.2) is 0 Å². The molecule has 2 N–H and O–H groups in total. The topological polar surface area (TPSA) is 78.6 Å². The molecule has 0 aromatic carbocycles. The molecule has 2 aromatic rings. The SMILES string of the molecule is Cc1cc(N2CCN(C)CC2)cc([C@@H]2CCN(C(=O)c3cccnc3N)C2)n1. The minimum atomic E-state index is -0.0416. The van der Waals surface area contributed by atoms with Crippen LogP contribution in [0.5, 0.6) is 0 Å². The number of piperazine rings is 1. The van der Waals surface area contributed by atoms with Crippen LogP contribution in [-0.4, -0.2) is 72.0 Å². The number of hydrogen-bond acceptors (Lipinski definition) is 6. The highest BCUT2D eigenvalue weighted by Gasteiger charge is 2.30. The Morgan fingerprint density at radius 2 is 1.96 bits per heavy atom. The lowest BCUT2D eigenvalue weighted by molar-refractivity contribution is 0.0791. The fourth-order valence-electron chi connectivity index (χ4n) is 4.09. The van der Waals surface area contributed by atoms with Crippen LogP contribution in [-0.2, 0) is 0 Å². The van der Waals surface area contributed by atoms with Gasteiger partial charge in [-0.3, -0.25) is 9.78 Å². The Hall–Kier alpha value is -2.67. The third-order valence-corrected chi connectivity index (χ3v) is 5.79. The first-order valence-electron chi connectivity index (χ1n) is 9.93. The molecule has 1 atom stereocenters. The third kappa shape index (κ3) is 3.80. The van der Waals surface area contributed by atoms with Gasteiger partial charge in [-0.25, -0.2) is 4.98 Å². The molecule has 0 bridgehead atoms. The molecule has 2 aromatic heterocycles.